The van der Waals surface area contributed by atoms with Gasteiger partial charge in [0.15, 0.2) is 5.03 Å². The normalized spacial score (nSPS) is 18.4. The molecular formula is C19H22N4O3S. The first-order valence-corrected chi connectivity index (χ1v) is 10.4. The topological polar surface area (TPSA) is 77.3 Å². The molecule has 1 unspecified atom stereocenters. The van der Waals surface area contributed by atoms with E-state index in [-0.39, 0.29) is 17.2 Å². The SMILES string of the molecule is CC(C)n1cnc(S(=O)(=O)N2CCC(Oc3ccc4ccccc4n3)C2)c1. The number of ether oxygens (including phenoxy) is 1. The van der Waals surface area contributed by atoms with Gasteiger partial charge in [0.2, 0.25) is 5.88 Å². The van der Waals surface area contributed by atoms with Crippen molar-refractivity contribution < 1.29 is 13.2 Å². The molecule has 142 valence electrons. The molecule has 0 radical (unpaired) electrons. The highest BCUT2D eigenvalue weighted by Crippen LogP contribution is 2.24. The number of benzene rings is 1. The van der Waals surface area contributed by atoms with E-state index in [1.165, 1.54) is 4.31 Å². The zero-order chi connectivity index (χ0) is 19.0. The Morgan fingerprint density at radius 3 is 2.78 bits per heavy atom. The Bertz CT molecular complexity index is 1060. The second kappa shape index (κ2) is 6.94. The number of para-hydroxylation sites is 1. The second-order valence-corrected chi connectivity index (χ2v) is 8.87. The number of hydrogen-bond donors (Lipinski definition) is 0. The van der Waals surface area contributed by atoms with Crippen molar-refractivity contribution in [2.24, 2.45) is 0 Å². The number of imidazole rings is 1. The highest BCUT2D eigenvalue weighted by Gasteiger charge is 2.35. The first-order chi connectivity index (χ1) is 12.9. The van der Waals surface area contributed by atoms with Gasteiger partial charge in [0, 0.05) is 30.2 Å². The molecule has 1 fully saturated rings. The van der Waals surface area contributed by atoms with E-state index in [2.05, 4.69) is 9.97 Å². The standard InChI is InChI=1S/C19H22N4O3S/c1-14(2)22-12-19(20-13-22)27(24,25)23-10-9-16(11-23)26-18-8-7-15-5-3-4-6-17(15)21-18/h3-8,12-14,16H,9-11H2,1-2H3. The van der Waals surface area contributed by atoms with Crippen LogP contribution in [0.4, 0.5) is 0 Å². The third-order valence-corrected chi connectivity index (χ3v) is 6.50. The Morgan fingerprint density at radius 1 is 1.19 bits per heavy atom. The molecule has 0 spiro atoms. The smallest absolute Gasteiger partial charge is 0.262 e. The molecule has 4 rings (SSSR count). The Morgan fingerprint density at radius 2 is 2.00 bits per heavy atom. The molecule has 1 aliphatic heterocycles. The lowest BCUT2D eigenvalue weighted by molar-refractivity contribution is 0.207. The molecular weight excluding hydrogens is 364 g/mol. The van der Waals surface area contributed by atoms with E-state index in [0.717, 1.165) is 10.9 Å². The van der Waals surface area contributed by atoms with Crippen molar-refractivity contribution in [3.63, 3.8) is 0 Å². The maximum atomic E-state index is 12.8. The Hall–Kier alpha value is -2.45. The summed E-state index contributed by atoms with van der Waals surface area (Å²) >= 11 is 0. The predicted octanol–water partition coefficient (Wildman–Crippen LogP) is 2.85. The molecule has 3 aromatic rings. The molecule has 0 amide bonds. The second-order valence-electron chi connectivity index (χ2n) is 6.99. The fraction of sp³-hybridized carbons (Fsp3) is 0.368. The van der Waals surface area contributed by atoms with Crippen LogP contribution in [0.25, 0.3) is 10.9 Å². The van der Waals surface area contributed by atoms with Crippen LogP contribution in [0.1, 0.15) is 26.3 Å². The molecule has 0 bridgehead atoms. The fourth-order valence-electron chi connectivity index (χ4n) is 3.16. The van der Waals surface area contributed by atoms with Gasteiger partial charge in [-0.2, -0.15) is 4.31 Å². The van der Waals surface area contributed by atoms with E-state index in [9.17, 15) is 8.42 Å². The number of rotatable bonds is 5. The number of pyridine rings is 1. The zero-order valence-electron chi connectivity index (χ0n) is 15.3. The lowest BCUT2D eigenvalue weighted by Gasteiger charge is -2.16. The Balaban J connectivity index is 1.47. The third kappa shape index (κ3) is 3.54. The van der Waals surface area contributed by atoms with Crippen molar-refractivity contribution in [2.45, 2.75) is 37.4 Å². The van der Waals surface area contributed by atoms with Gasteiger partial charge in [-0.05, 0) is 32.4 Å². The minimum atomic E-state index is -3.61. The molecule has 1 saturated heterocycles. The molecule has 3 heterocycles. The summed E-state index contributed by atoms with van der Waals surface area (Å²) in [6, 6.07) is 11.8. The molecule has 0 N–H and O–H groups in total. The van der Waals surface area contributed by atoms with Gasteiger partial charge in [0.05, 0.1) is 18.4 Å². The maximum absolute atomic E-state index is 12.8. The molecule has 8 heteroatoms. The summed E-state index contributed by atoms with van der Waals surface area (Å²) < 4.78 is 34.8. The molecule has 27 heavy (non-hydrogen) atoms. The largest absolute Gasteiger partial charge is 0.473 e. The average molecular weight is 386 g/mol. The van der Waals surface area contributed by atoms with E-state index < -0.39 is 10.0 Å². The summed E-state index contributed by atoms with van der Waals surface area (Å²) in [4.78, 5) is 8.58. The number of aromatic nitrogens is 3. The van der Waals surface area contributed by atoms with Gasteiger partial charge in [0.1, 0.15) is 6.10 Å². The molecule has 1 aliphatic rings. The highest BCUT2D eigenvalue weighted by atomic mass is 32.2. The van der Waals surface area contributed by atoms with E-state index in [0.29, 0.717) is 25.4 Å². The summed E-state index contributed by atoms with van der Waals surface area (Å²) in [5, 5.41) is 1.13. The molecule has 1 atom stereocenters. The Kier molecular flexibility index (Phi) is 4.61. The summed E-state index contributed by atoms with van der Waals surface area (Å²) in [6.45, 7) is 4.67. The van der Waals surface area contributed by atoms with Crippen LogP contribution in [-0.2, 0) is 10.0 Å². The van der Waals surface area contributed by atoms with Crippen molar-refractivity contribution in [2.75, 3.05) is 13.1 Å². The van der Waals surface area contributed by atoms with Crippen LogP contribution in [0.3, 0.4) is 0 Å². The van der Waals surface area contributed by atoms with Crippen LogP contribution in [0.5, 0.6) is 5.88 Å². The monoisotopic (exact) mass is 386 g/mol. The van der Waals surface area contributed by atoms with Gasteiger partial charge in [-0.15, -0.1) is 0 Å². The molecule has 2 aromatic heterocycles. The van der Waals surface area contributed by atoms with E-state index in [1.54, 1.807) is 17.1 Å². The van der Waals surface area contributed by atoms with Crippen LogP contribution in [0, 0.1) is 0 Å². The van der Waals surface area contributed by atoms with Gasteiger partial charge in [-0.3, -0.25) is 0 Å². The summed E-state index contributed by atoms with van der Waals surface area (Å²) in [5.41, 5.74) is 0.858. The summed E-state index contributed by atoms with van der Waals surface area (Å²) in [6.07, 6.45) is 3.54. The molecule has 0 saturated carbocycles. The number of nitrogens with zero attached hydrogens (tertiary/aromatic N) is 4. The van der Waals surface area contributed by atoms with Crippen LogP contribution >= 0.6 is 0 Å². The third-order valence-electron chi connectivity index (χ3n) is 4.75. The van der Waals surface area contributed by atoms with E-state index in [4.69, 9.17) is 4.74 Å². The number of hydrogen-bond acceptors (Lipinski definition) is 5. The van der Waals surface area contributed by atoms with Crippen LogP contribution in [0.15, 0.2) is 53.9 Å². The van der Waals surface area contributed by atoms with Crippen molar-refractivity contribution in [3.8, 4) is 5.88 Å². The fourth-order valence-corrected chi connectivity index (χ4v) is 4.57. The van der Waals surface area contributed by atoms with Gasteiger partial charge < -0.3 is 9.30 Å². The number of sulfonamides is 1. The maximum Gasteiger partial charge on any atom is 0.262 e. The van der Waals surface area contributed by atoms with Crippen LogP contribution in [-0.4, -0.2) is 46.5 Å². The van der Waals surface area contributed by atoms with Crippen molar-refractivity contribution in [1.29, 1.82) is 0 Å². The summed E-state index contributed by atoms with van der Waals surface area (Å²) in [7, 11) is -3.61. The Labute approximate surface area is 158 Å². The average Bonchev–Trinajstić information content (AvgIpc) is 3.32. The molecule has 1 aromatic carbocycles. The van der Waals surface area contributed by atoms with Crippen LogP contribution < -0.4 is 4.74 Å². The van der Waals surface area contributed by atoms with Gasteiger partial charge in [0.25, 0.3) is 10.0 Å². The van der Waals surface area contributed by atoms with Crippen molar-refractivity contribution >= 4 is 20.9 Å². The zero-order valence-corrected chi connectivity index (χ0v) is 16.1. The van der Waals surface area contributed by atoms with Gasteiger partial charge >= 0.3 is 0 Å². The first-order valence-electron chi connectivity index (χ1n) is 8.99. The lowest BCUT2D eigenvalue weighted by Crippen LogP contribution is -2.31. The molecule has 7 nitrogen and oxygen atoms in total. The minimum absolute atomic E-state index is 0.0840. The minimum Gasteiger partial charge on any atom is -0.473 e. The van der Waals surface area contributed by atoms with Crippen molar-refractivity contribution in [3.05, 3.63) is 48.9 Å². The molecule has 0 aliphatic carbocycles. The van der Waals surface area contributed by atoms with E-state index in [1.807, 2.05) is 50.2 Å². The summed E-state index contributed by atoms with van der Waals surface area (Å²) in [5.74, 6) is 0.516. The van der Waals surface area contributed by atoms with Crippen LogP contribution in [0.2, 0.25) is 0 Å². The predicted molar refractivity (Wildman–Crippen MR) is 102 cm³/mol. The van der Waals surface area contributed by atoms with Crippen molar-refractivity contribution in [1.82, 2.24) is 18.8 Å². The number of fused-ring (bicyclic) bond motifs is 1. The first kappa shape index (κ1) is 17.9. The van der Waals surface area contributed by atoms with Gasteiger partial charge in [-0.25, -0.2) is 18.4 Å². The lowest BCUT2D eigenvalue weighted by atomic mass is 10.2. The van der Waals surface area contributed by atoms with Gasteiger partial charge in [-0.1, -0.05) is 18.2 Å². The highest BCUT2D eigenvalue weighted by molar-refractivity contribution is 7.89. The van der Waals surface area contributed by atoms with E-state index >= 15 is 0 Å². The quantitative estimate of drug-likeness (QED) is 0.674.